The van der Waals surface area contributed by atoms with Gasteiger partial charge in [-0.05, 0) is 0 Å². The van der Waals surface area contributed by atoms with Crippen molar-refractivity contribution in [1.29, 1.82) is 0 Å². The fourth-order valence-electron chi connectivity index (χ4n) is 1.74. The van der Waals surface area contributed by atoms with Gasteiger partial charge in [-0.25, -0.2) is 4.79 Å². The number of aromatic nitrogens is 2. The van der Waals surface area contributed by atoms with Crippen LogP contribution in [0.25, 0.3) is 0 Å². The van der Waals surface area contributed by atoms with Crippen LogP contribution in [0.3, 0.4) is 0 Å². The number of rotatable bonds is 2. The van der Waals surface area contributed by atoms with Gasteiger partial charge in [0.2, 0.25) is 0 Å². The van der Waals surface area contributed by atoms with E-state index in [4.69, 9.17) is 9.84 Å². The molecule has 7 nitrogen and oxygen atoms in total. The van der Waals surface area contributed by atoms with Crippen LogP contribution in [0.15, 0.2) is 21.9 Å². The van der Waals surface area contributed by atoms with E-state index in [1.807, 2.05) is 0 Å². The summed E-state index contributed by atoms with van der Waals surface area (Å²) in [5.74, 6) is 0. The Morgan fingerprint density at radius 1 is 1.50 bits per heavy atom. The van der Waals surface area contributed by atoms with Crippen molar-refractivity contribution in [2.75, 3.05) is 6.61 Å². The molecule has 4 unspecified atom stereocenters. The van der Waals surface area contributed by atoms with Gasteiger partial charge < -0.3 is 14.9 Å². The summed E-state index contributed by atoms with van der Waals surface area (Å²) in [5, 5.41) is 18.0. The van der Waals surface area contributed by atoms with Gasteiger partial charge in [0, 0.05) is 56.3 Å². The monoisotopic (exact) mass is 487 g/mol. The maximum absolute atomic E-state index is 11.5. The molecule has 2 rings (SSSR count). The molecule has 1 aromatic rings. The Hall–Kier alpha value is 0.352. The van der Waals surface area contributed by atoms with Crippen molar-refractivity contribution in [2.45, 2.75) is 23.7 Å². The van der Waals surface area contributed by atoms with Gasteiger partial charge in [0.05, 0.1) is 18.0 Å². The number of thiol groups is 1. The van der Waals surface area contributed by atoms with Crippen LogP contribution in [0, 0.1) is 44.1 Å². The van der Waals surface area contributed by atoms with Crippen molar-refractivity contribution < 1.29 is 59.0 Å². The number of aromatic amines is 1. The van der Waals surface area contributed by atoms with Crippen LogP contribution >= 0.6 is 12.6 Å². The summed E-state index contributed by atoms with van der Waals surface area (Å²) < 4.78 is 6.43. The van der Waals surface area contributed by atoms with E-state index in [2.05, 4.69) is 17.6 Å². The van der Waals surface area contributed by atoms with E-state index in [1.165, 1.54) is 12.3 Å². The Morgan fingerprint density at radius 2 is 2.17 bits per heavy atom. The number of H-pyrrole nitrogens is 1. The van der Waals surface area contributed by atoms with E-state index in [-0.39, 0.29) is 50.7 Å². The molecular weight excluding hydrogens is 475 g/mol. The van der Waals surface area contributed by atoms with E-state index < -0.39 is 34.9 Å². The summed E-state index contributed by atoms with van der Waals surface area (Å²) in [6.45, 7) is -0.368. The normalized spacial score (nSPS) is 31.1. The molecule has 0 amide bonds. The molecule has 0 saturated carbocycles. The van der Waals surface area contributed by atoms with Crippen LogP contribution in [0.2, 0.25) is 0 Å². The molecule has 1 saturated heterocycles. The minimum absolute atomic E-state index is 0. The fourth-order valence-corrected chi connectivity index (χ4v) is 2.14. The van der Waals surface area contributed by atoms with Crippen LogP contribution in [0.5, 0.6) is 0 Å². The molecule has 97 valence electrons. The molecule has 4 atom stereocenters. The number of hydrogen-bond acceptors (Lipinski definition) is 6. The van der Waals surface area contributed by atoms with Gasteiger partial charge in [-0.3, -0.25) is 14.3 Å². The summed E-state index contributed by atoms with van der Waals surface area (Å²) in [7, 11) is 0. The second-order valence-electron chi connectivity index (χ2n) is 3.75. The maximum Gasteiger partial charge on any atom is 0.330 e. The first-order valence-corrected chi connectivity index (χ1v) is 5.50. The van der Waals surface area contributed by atoms with Crippen molar-refractivity contribution in [1.82, 2.24) is 9.55 Å². The summed E-state index contributed by atoms with van der Waals surface area (Å²) in [5.41, 5.74) is -1.16. The van der Waals surface area contributed by atoms with Crippen LogP contribution < -0.4 is 11.2 Å². The molecule has 9 heteroatoms. The molecule has 18 heavy (non-hydrogen) atoms. The van der Waals surface area contributed by atoms with E-state index in [9.17, 15) is 14.7 Å². The van der Waals surface area contributed by atoms with Crippen molar-refractivity contribution in [3.63, 3.8) is 0 Å². The van der Waals surface area contributed by atoms with E-state index in [1.54, 1.807) is 0 Å². The predicted octanol–water partition coefficient (Wildman–Crippen LogP) is -1.91. The number of aliphatic hydroxyl groups is 2. The number of nitrogens with zero attached hydrogens (tertiary/aromatic N) is 1. The third kappa shape index (κ3) is 3.08. The van der Waals surface area contributed by atoms with Gasteiger partial charge >= 0.3 is 5.69 Å². The van der Waals surface area contributed by atoms with Gasteiger partial charge in [-0.2, -0.15) is 12.6 Å². The first-order valence-electron chi connectivity index (χ1n) is 4.98. The largest absolute Gasteiger partial charge is 0.394 e. The van der Waals surface area contributed by atoms with Gasteiger partial charge in [0.15, 0.2) is 6.23 Å². The van der Waals surface area contributed by atoms with E-state index in [0.717, 1.165) is 4.57 Å². The van der Waals surface area contributed by atoms with Crippen LogP contribution in [0.1, 0.15) is 6.23 Å². The first kappa shape index (κ1) is 16.4. The van der Waals surface area contributed by atoms with Crippen molar-refractivity contribution in [3.05, 3.63) is 33.1 Å². The molecule has 2 heterocycles. The van der Waals surface area contributed by atoms with Gasteiger partial charge in [0.1, 0.15) is 6.10 Å². The second kappa shape index (κ2) is 6.68. The van der Waals surface area contributed by atoms with Gasteiger partial charge in [0.25, 0.3) is 5.56 Å². The third-order valence-electron chi connectivity index (χ3n) is 2.64. The number of ether oxygens (including phenoxy) is 1. The van der Waals surface area contributed by atoms with Crippen LogP contribution in [0.4, 0.5) is 0 Å². The molecule has 1 aromatic heterocycles. The molecule has 0 aliphatic carbocycles. The van der Waals surface area contributed by atoms with Crippen LogP contribution in [-0.2, 0) is 4.74 Å². The molecule has 3 N–H and O–H groups in total. The van der Waals surface area contributed by atoms with Crippen molar-refractivity contribution in [3.8, 4) is 0 Å². The first-order chi connectivity index (χ1) is 8.04. The zero-order valence-corrected chi connectivity index (χ0v) is 14.9. The Bertz CT molecular complexity index is 518. The third-order valence-corrected chi connectivity index (χ3v) is 3.20. The summed E-state index contributed by atoms with van der Waals surface area (Å²) in [6, 6.07) is 1.17. The molecule has 1 fully saturated rings. The smallest absolute Gasteiger partial charge is 0.330 e. The van der Waals surface area contributed by atoms with Crippen molar-refractivity contribution in [2.24, 2.45) is 0 Å². The fraction of sp³-hybridized carbons (Fsp3) is 0.556. The molecule has 1 aliphatic heterocycles. The Balaban J connectivity index is 0.00000162. The average Bonchev–Trinajstić information content (AvgIpc) is 2.57. The molecule has 0 bridgehead atoms. The molecule has 0 aromatic carbocycles. The molecule has 0 spiro atoms. The Kier molecular flexibility index (Phi) is 6.09. The van der Waals surface area contributed by atoms with Gasteiger partial charge in [-0.1, -0.05) is 0 Å². The molecule has 1 radical (unpaired) electrons. The minimum atomic E-state index is -0.979. The number of nitrogens with one attached hydrogen (secondary N) is 1. The number of hydrogen-bond donors (Lipinski definition) is 4. The summed E-state index contributed by atoms with van der Waals surface area (Å²) in [6.07, 6.45) is -1.33. The van der Waals surface area contributed by atoms with Gasteiger partial charge in [-0.15, -0.1) is 0 Å². The predicted molar refractivity (Wildman–Crippen MR) is 61.1 cm³/mol. The zero-order valence-electron chi connectivity index (χ0n) is 9.26. The maximum atomic E-state index is 11.5. The Labute approximate surface area is 143 Å². The summed E-state index contributed by atoms with van der Waals surface area (Å²) in [4.78, 5) is 24.5. The topological polar surface area (TPSA) is 105 Å². The number of aliphatic hydroxyl groups excluding tert-OH is 2. The van der Waals surface area contributed by atoms with E-state index in [0.29, 0.717) is 0 Å². The molecule has 1 aliphatic rings. The van der Waals surface area contributed by atoms with Crippen molar-refractivity contribution >= 4 is 12.6 Å². The zero-order chi connectivity index (χ0) is 12.6. The molecular formula is C9H12AcN2O5S. The second-order valence-corrected chi connectivity index (χ2v) is 4.34. The quantitative estimate of drug-likeness (QED) is 0.365. The SMILES string of the molecule is O=c1ccn(C2OC(CO)C(O)C2S)c(=O)[nH]1.[Ac]. The minimum Gasteiger partial charge on any atom is -0.394 e. The standard InChI is InChI=1S/C9H12N2O5S.Ac/c12-3-4-6(14)7(17)8(16-4)11-2-1-5(13)10-9(11)15;/h1-2,4,6-8,12,14,17H,3H2,(H,10,13,15);. The van der Waals surface area contributed by atoms with E-state index >= 15 is 0 Å². The Morgan fingerprint density at radius 3 is 2.67 bits per heavy atom. The van der Waals surface area contributed by atoms with Crippen LogP contribution in [-0.4, -0.2) is 43.8 Å². The average molecular weight is 487 g/mol. The summed E-state index contributed by atoms with van der Waals surface area (Å²) >= 11 is 4.14.